The molecule has 0 aliphatic heterocycles. The Morgan fingerprint density at radius 2 is 1.85 bits per heavy atom. The van der Waals surface area contributed by atoms with Crippen molar-refractivity contribution in [3.05, 3.63) is 0 Å². The van der Waals surface area contributed by atoms with Crippen molar-refractivity contribution in [1.29, 1.82) is 0 Å². The second kappa shape index (κ2) is 14.8. The number of hydrogen-bond acceptors (Lipinski definition) is 3. The molecule has 0 saturated carbocycles. The highest BCUT2D eigenvalue weighted by Crippen LogP contribution is 1.84. The number of nitrogens with one attached hydrogen (secondary N) is 2. The summed E-state index contributed by atoms with van der Waals surface area (Å²) < 4.78 is 5.27. The molecule has 0 radical (unpaired) electrons. The molecular formula is C13H29IN4O2. The fraction of sp³-hybridized carbons (Fsp3) is 0.846. The first-order valence-electron chi connectivity index (χ1n) is 6.91. The number of carbonyl (C=O) groups is 1. The molecule has 6 nitrogen and oxygen atoms in total. The van der Waals surface area contributed by atoms with E-state index in [-0.39, 0.29) is 36.4 Å². The number of amides is 1. The highest BCUT2D eigenvalue weighted by atomic mass is 127. The fourth-order valence-electron chi connectivity index (χ4n) is 1.23. The van der Waals surface area contributed by atoms with Crippen molar-refractivity contribution < 1.29 is 9.53 Å². The van der Waals surface area contributed by atoms with Crippen LogP contribution in [0.3, 0.4) is 0 Å². The molecule has 0 aromatic heterocycles. The predicted octanol–water partition coefficient (Wildman–Crippen LogP) is 1.06. The lowest BCUT2D eigenvalue weighted by atomic mass is 10.4. The number of rotatable bonds is 9. The van der Waals surface area contributed by atoms with Crippen LogP contribution in [0.4, 0.5) is 0 Å². The number of carbonyl (C=O) groups excluding carboxylic acids is 1. The van der Waals surface area contributed by atoms with Gasteiger partial charge in [-0.1, -0.05) is 6.92 Å². The van der Waals surface area contributed by atoms with E-state index in [1.807, 2.05) is 6.92 Å². The molecule has 20 heavy (non-hydrogen) atoms. The summed E-state index contributed by atoms with van der Waals surface area (Å²) in [5.74, 6) is 0.681. The van der Waals surface area contributed by atoms with Crippen LogP contribution in [0.15, 0.2) is 4.99 Å². The summed E-state index contributed by atoms with van der Waals surface area (Å²) in [7, 11) is 3.46. The van der Waals surface area contributed by atoms with Gasteiger partial charge >= 0.3 is 0 Å². The maximum Gasteiger partial charge on any atom is 0.243 e. The number of nitrogens with zero attached hydrogens (tertiary/aromatic N) is 2. The maximum atomic E-state index is 11.5. The summed E-state index contributed by atoms with van der Waals surface area (Å²) in [4.78, 5) is 17.3. The molecule has 120 valence electrons. The monoisotopic (exact) mass is 400 g/mol. The van der Waals surface area contributed by atoms with E-state index in [9.17, 15) is 4.79 Å². The van der Waals surface area contributed by atoms with Gasteiger partial charge in [-0.25, -0.2) is 4.99 Å². The van der Waals surface area contributed by atoms with Crippen molar-refractivity contribution >= 4 is 35.8 Å². The summed E-state index contributed by atoms with van der Waals surface area (Å²) in [6.07, 6.45) is 1.93. The lowest BCUT2D eigenvalue weighted by Gasteiger charge is -2.13. The second-order valence-electron chi connectivity index (χ2n) is 4.36. The number of likely N-dealkylation sites (N-methyl/N-ethyl adjacent to an activating group) is 1. The van der Waals surface area contributed by atoms with Crippen LogP contribution in [0.2, 0.25) is 0 Å². The lowest BCUT2D eigenvalue weighted by molar-refractivity contribution is -0.127. The summed E-state index contributed by atoms with van der Waals surface area (Å²) in [6, 6.07) is 0. The number of hydrogen-bond donors (Lipinski definition) is 2. The highest BCUT2D eigenvalue weighted by Gasteiger charge is 2.03. The largest absolute Gasteiger partial charge is 0.382 e. The molecular weight excluding hydrogens is 371 g/mol. The zero-order valence-corrected chi connectivity index (χ0v) is 15.4. The van der Waals surface area contributed by atoms with Gasteiger partial charge in [0.25, 0.3) is 0 Å². The third-order valence-electron chi connectivity index (χ3n) is 2.38. The molecule has 0 atom stereocenters. The van der Waals surface area contributed by atoms with Crippen LogP contribution >= 0.6 is 24.0 Å². The molecule has 0 spiro atoms. The quantitative estimate of drug-likeness (QED) is 0.263. The van der Waals surface area contributed by atoms with Gasteiger partial charge in [-0.3, -0.25) is 4.79 Å². The van der Waals surface area contributed by atoms with Gasteiger partial charge in [0.05, 0.1) is 0 Å². The molecule has 0 aromatic carbocycles. The van der Waals surface area contributed by atoms with E-state index in [0.29, 0.717) is 5.96 Å². The van der Waals surface area contributed by atoms with Gasteiger partial charge in [-0.2, -0.15) is 0 Å². The van der Waals surface area contributed by atoms with Gasteiger partial charge in [0.1, 0.15) is 6.54 Å². The molecule has 0 fully saturated rings. The van der Waals surface area contributed by atoms with Crippen molar-refractivity contribution in [3.63, 3.8) is 0 Å². The van der Waals surface area contributed by atoms with Crippen molar-refractivity contribution in [2.75, 3.05) is 46.9 Å². The Hall–Kier alpha value is -0.570. The van der Waals surface area contributed by atoms with E-state index >= 15 is 0 Å². The first-order chi connectivity index (χ1) is 9.11. The lowest BCUT2D eigenvalue weighted by Crippen LogP contribution is -2.39. The summed E-state index contributed by atoms with van der Waals surface area (Å²) in [5.41, 5.74) is 0. The first-order valence-corrected chi connectivity index (χ1v) is 6.91. The third kappa shape index (κ3) is 12.5. The van der Waals surface area contributed by atoms with Crippen molar-refractivity contribution in [2.45, 2.75) is 26.7 Å². The number of aliphatic imine (C=N–C) groups is 1. The molecule has 0 rings (SSSR count). The predicted molar refractivity (Wildman–Crippen MR) is 93.8 cm³/mol. The Morgan fingerprint density at radius 3 is 2.40 bits per heavy atom. The van der Waals surface area contributed by atoms with Gasteiger partial charge in [0.15, 0.2) is 5.96 Å². The van der Waals surface area contributed by atoms with Gasteiger partial charge < -0.3 is 20.3 Å². The normalized spacial score (nSPS) is 10.7. The standard InChI is InChI=1S/C13H28N4O2.HI/c1-5-8-14-13(15-9-7-10-19-6-2)16-11-12(18)17(3)4;/h5-11H2,1-4H3,(H2,14,15,16);1H. The van der Waals surface area contributed by atoms with E-state index in [0.717, 1.165) is 39.1 Å². The molecule has 0 heterocycles. The zero-order chi connectivity index (χ0) is 14.5. The van der Waals surface area contributed by atoms with E-state index in [2.05, 4.69) is 22.5 Å². The van der Waals surface area contributed by atoms with Crippen molar-refractivity contribution in [1.82, 2.24) is 15.5 Å². The molecule has 0 aliphatic rings. The van der Waals surface area contributed by atoms with Gasteiger partial charge in [-0.15, -0.1) is 24.0 Å². The molecule has 0 aromatic rings. The van der Waals surface area contributed by atoms with Crippen LogP contribution in [0.1, 0.15) is 26.7 Å². The third-order valence-corrected chi connectivity index (χ3v) is 2.38. The Balaban J connectivity index is 0. The van der Waals surface area contributed by atoms with E-state index in [4.69, 9.17) is 4.74 Å². The van der Waals surface area contributed by atoms with Crippen LogP contribution in [-0.2, 0) is 9.53 Å². The molecule has 7 heteroatoms. The molecule has 2 N–H and O–H groups in total. The van der Waals surface area contributed by atoms with E-state index in [1.165, 1.54) is 4.90 Å². The summed E-state index contributed by atoms with van der Waals surface area (Å²) in [6.45, 7) is 7.34. The second-order valence-corrected chi connectivity index (χ2v) is 4.36. The van der Waals surface area contributed by atoms with E-state index in [1.54, 1.807) is 14.1 Å². The first kappa shape index (κ1) is 21.7. The molecule has 0 aliphatic carbocycles. The molecule has 0 unspecified atom stereocenters. The van der Waals surface area contributed by atoms with Crippen LogP contribution in [-0.4, -0.2) is 63.7 Å². The zero-order valence-electron chi connectivity index (χ0n) is 13.1. The van der Waals surface area contributed by atoms with Crippen LogP contribution in [0.5, 0.6) is 0 Å². The Kier molecular flexibility index (Phi) is 16.1. The maximum absolute atomic E-state index is 11.5. The molecule has 1 amide bonds. The van der Waals surface area contributed by atoms with Crippen LogP contribution in [0, 0.1) is 0 Å². The minimum absolute atomic E-state index is 0. The van der Waals surface area contributed by atoms with Crippen LogP contribution in [0.25, 0.3) is 0 Å². The van der Waals surface area contributed by atoms with Gasteiger partial charge in [0, 0.05) is 40.4 Å². The average Bonchev–Trinajstić information content (AvgIpc) is 2.40. The molecule has 0 bridgehead atoms. The minimum Gasteiger partial charge on any atom is -0.382 e. The number of halogens is 1. The fourth-order valence-corrected chi connectivity index (χ4v) is 1.23. The van der Waals surface area contributed by atoms with E-state index < -0.39 is 0 Å². The summed E-state index contributed by atoms with van der Waals surface area (Å²) >= 11 is 0. The summed E-state index contributed by atoms with van der Waals surface area (Å²) in [5, 5.41) is 6.38. The van der Waals surface area contributed by atoms with Gasteiger partial charge in [-0.05, 0) is 19.8 Å². The highest BCUT2D eigenvalue weighted by molar-refractivity contribution is 14.0. The average molecular weight is 400 g/mol. The Bertz CT molecular complexity index is 273. The molecule has 0 saturated heterocycles. The smallest absolute Gasteiger partial charge is 0.243 e. The topological polar surface area (TPSA) is 66.0 Å². The SMILES string of the molecule is CCCNC(=NCC(=O)N(C)C)NCCCOCC.I. The van der Waals surface area contributed by atoms with Crippen molar-refractivity contribution in [3.8, 4) is 0 Å². The van der Waals surface area contributed by atoms with Gasteiger partial charge in [0.2, 0.25) is 5.91 Å². The Labute approximate surface area is 139 Å². The Morgan fingerprint density at radius 1 is 1.20 bits per heavy atom. The number of guanidine groups is 1. The number of ether oxygens (including phenoxy) is 1. The van der Waals surface area contributed by atoms with Crippen LogP contribution < -0.4 is 10.6 Å². The minimum atomic E-state index is -0.00749. The van der Waals surface area contributed by atoms with Crippen molar-refractivity contribution in [2.24, 2.45) is 4.99 Å².